The molecule has 0 unspecified atom stereocenters. The van der Waals surface area contributed by atoms with E-state index in [4.69, 9.17) is 11.6 Å². The summed E-state index contributed by atoms with van der Waals surface area (Å²) in [5.41, 5.74) is 5.76. The van der Waals surface area contributed by atoms with Crippen LogP contribution in [0.2, 0.25) is 5.02 Å². The highest BCUT2D eigenvalue weighted by molar-refractivity contribution is 6.30. The molecule has 0 spiro atoms. The molecule has 0 N–H and O–H groups in total. The normalized spacial score (nSPS) is 11.6. The van der Waals surface area contributed by atoms with Gasteiger partial charge in [-0.05, 0) is 58.3 Å². The molecule has 0 fully saturated rings. The van der Waals surface area contributed by atoms with Crippen molar-refractivity contribution in [3.05, 3.63) is 90.0 Å². The van der Waals surface area contributed by atoms with Crippen LogP contribution in [0, 0.1) is 0 Å². The molecule has 1 aromatic heterocycles. The smallest absolute Gasteiger partial charge is 0.0547 e. The third-order valence-corrected chi connectivity index (χ3v) is 5.43. The van der Waals surface area contributed by atoms with E-state index in [0.29, 0.717) is 0 Å². The Labute approximate surface area is 156 Å². The Balaban J connectivity index is 2.09. The van der Waals surface area contributed by atoms with Crippen molar-refractivity contribution < 1.29 is 0 Å². The lowest BCUT2D eigenvalue weighted by Crippen LogP contribution is -1.92. The van der Waals surface area contributed by atoms with E-state index in [1.807, 2.05) is 24.3 Å². The quantitative estimate of drug-likeness (QED) is 0.299. The Morgan fingerprint density at radius 3 is 1.65 bits per heavy atom. The molecule has 26 heavy (non-hydrogen) atoms. The topological polar surface area (TPSA) is 4.93 Å². The first-order valence-corrected chi connectivity index (χ1v) is 8.94. The van der Waals surface area contributed by atoms with Crippen LogP contribution in [0.15, 0.2) is 73.8 Å². The molecule has 0 atom stereocenters. The summed E-state index contributed by atoms with van der Waals surface area (Å²) in [5.74, 6) is 0. The Morgan fingerprint density at radius 1 is 0.692 bits per heavy atom. The van der Waals surface area contributed by atoms with Gasteiger partial charge in [-0.2, -0.15) is 0 Å². The zero-order valence-electron chi connectivity index (χ0n) is 14.2. The van der Waals surface area contributed by atoms with Crippen molar-refractivity contribution in [3.8, 4) is 5.69 Å². The van der Waals surface area contributed by atoms with Gasteiger partial charge in [-0.3, -0.25) is 0 Å². The standard InChI is InChI=1S/C24H16ClN/c1-3-17-18(4-2)20-8-6-10-22-24(20)23-19(17)7-5-9-21(23)26(22)16-13-11-15(25)12-14-16/h3-14H,1-2H2. The number of hydrogen-bond acceptors (Lipinski definition) is 0. The van der Waals surface area contributed by atoms with Crippen LogP contribution in [0.3, 0.4) is 0 Å². The van der Waals surface area contributed by atoms with Crippen LogP contribution < -0.4 is 0 Å². The minimum absolute atomic E-state index is 0.741. The maximum absolute atomic E-state index is 6.11. The van der Waals surface area contributed by atoms with E-state index in [0.717, 1.165) is 21.8 Å². The van der Waals surface area contributed by atoms with Gasteiger partial charge in [0.05, 0.1) is 11.0 Å². The molecule has 1 nitrogen and oxygen atoms in total. The maximum atomic E-state index is 6.11. The van der Waals surface area contributed by atoms with E-state index in [1.54, 1.807) is 0 Å². The van der Waals surface area contributed by atoms with Gasteiger partial charge in [0.1, 0.15) is 0 Å². The van der Waals surface area contributed by atoms with Crippen LogP contribution in [0.4, 0.5) is 0 Å². The maximum Gasteiger partial charge on any atom is 0.0547 e. The molecule has 0 aliphatic rings. The van der Waals surface area contributed by atoms with Crippen LogP contribution in [0.5, 0.6) is 0 Å². The summed E-state index contributed by atoms with van der Waals surface area (Å²) in [6.45, 7) is 8.11. The molecule has 2 heteroatoms. The van der Waals surface area contributed by atoms with Gasteiger partial charge in [0.15, 0.2) is 0 Å². The Kier molecular flexibility index (Phi) is 3.22. The van der Waals surface area contributed by atoms with Gasteiger partial charge >= 0.3 is 0 Å². The molecular weight excluding hydrogens is 338 g/mol. The average Bonchev–Trinajstić information content (AvgIpc) is 3.02. The van der Waals surface area contributed by atoms with Crippen molar-refractivity contribution in [1.82, 2.24) is 4.57 Å². The first-order chi connectivity index (χ1) is 12.7. The first-order valence-electron chi connectivity index (χ1n) is 8.56. The van der Waals surface area contributed by atoms with E-state index in [9.17, 15) is 0 Å². The van der Waals surface area contributed by atoms with E-state index >= 15 is 0 Å². The Hall–Kier alpha value is -3.03. The van der Waals surface area contributed by atoms with Crippen LogP contribution >= 0.6 is 11.6 Å². The third kappa shape index (κ3) is 1.86. The van der Waals surface area contributed by atoms with Gasteiger partial charge < -0.3 is 4.57 Å². The van der Waals surface area contributed by atoms with Crippen molar-refractivity contribution in [2.24, 2.45) is 0 Å². The molecule has 1 heterocycles. The van der Waals surface area contributed by atoms with Crippen LogP contribution in [-0.4, -0.2) is 4.57 Å². The molecule has 0 radical (unpaired) electrons. The SMILES string of the molecule is C=Cc1c(C=C)c2cccc3c2c2c1cccc2n3-c1ccc(Cl)cc1. The fraction of sp³-hybridized carbons (Fsp3) is 0. The zero-order chi connectivity index (χ0) is 17.8. The molecule has 0 aliphatic carbocycles. The second-order valence-corrected chi connectivity index (χ2v) is 6.88. The van der Waals surface area contributed by atoms with Crippen LogP contribution in [0.1, 0.15) is 11.1 Å². The fourth-order valence-electron chi connectivity index (χ4n) is 4.16. The first kappa shape index (κ1) is 15.2. The van der Waals surface area contributed by atoms with Crippen molar-refractivity contribution in [3.63, 3.8) is 0 Å². The molecule has 5 rings (SSSR count). The summed E-state index contributed by atoms with van der Waals surface area (Å²) in [6.07, 6.45) is 3.88. The number of aromatic nitrogens is 1. The predicted molar refractivity (Wildman–Crippen MR) is 115 cm³/mol. The second kappa shape index (κ2) is 5.48. The lowest BCUT2D eigenvalue weighted by atomic mass is 9.92. The summed E-state index contributed by atoms with van der Waals surface area (Å²) in [6, 6.07) is 20.9. The van der Waals surface area contributed by atoms with Gasteiger partial charge in [-0.25, -0.2) is 0 Å². The molecule has 0 saturated heterocycles. The molecule has 124 valence electrons. The Bertz CT molecular complexity index is 1230. The fourth-order valence-corrected chi connectivity index (χ4v) is 4.28. The molecule has 0 bridgehead atoms. The molecular formula is C24H16ClN. The summed E-state index contributed by atoms with van der Waals surface area (Å²) < 4.78 is 2.31. The van der Waals surface area contributed by atoms with Crippen LogP contribution in [-0.2, 0) is 0 Å². The lowest BCUT2D eigenvalue weighted by Gasteiger charge is -2.11. The second-order valence-electron chi connectivity index (χ2n) is 6.45. The third-order valence-electron chi connectivity index (χ3n) is 5.18. The van der Waals surface area contributed by atoms with Gasteiger partial charge in [0.2, 0.25) is 0 Å². The van der Waals surface area contributed by atoms with Gasteiger partial charge in [0.25, 0.3) is 0 Å². The predicted octanol–water partition coefficient (Wildman–Crippen LogP) is 7.31. The summed E-state index contributed by atoms with van der Waals surface area (Å²) >= 11 is 6.11. The molecule has 5 aromatic rings. The van der Waals surface area contributed by atoms with Crippen molar-refractivity contribution in [2.75, 3.05) is 0 Å². The van der Waals surface area contributed by atoms with E-state index in [-0.39, 0.29) is 0 Å². The minimum atomic E-state index is 0.741. The Morgan fingerprint density at radius 2 is 1.19 bits per heavy atom. The zero-order valence-corrected chi connectivity index (χ0v) is 14.9. The van der Waals surface area contributed by atoms with Crippen molar-refractivity contribution in [2.45, 2.75) is 0 Å². The van der Waals surface area contributed by atoms with Crippen molar-refractivity contribution >= 4 is 56.3 Å². The van der Waals surface area contributed by atoms with Gasteiger partial charge in [-0.1, -0.05) is 61.2 Å². The highest BCUT2D eigenvalue weighted by Gasteiger charge is 2.20. The largest absolute Gasteiger partial charge is 0.309 e. The number of hydrogen-bond donors (Lipinski definition) is 0. The molecule has 0 amide bonds. The highest BCUT2D eigenvalue weighted by Crippen LogP contribution is 2.43. The van der Waals surface area contributed by atoms with Gasteiger partial charge in [-0.15, -0.1) is 0 Å². The van der Waals surface area contributed by atoms with E-state index < -0.39 is 0 Å². The van der Waals surface area contributed by atoms with Crippen molar-refractivity contribution in [1.29, 1.82) is 0 Å². The number of rotatable bonds is 3. The van der Waals surface area contributed by atoms with Crippen LogP contribution in [0.25, 0.3) is 50.4 Å². The number of nitrogens with zero attached hydrogens (tertiary/aromatic N) is 1. The minimum Gasteiger partial charge on any atom is -0.309 e. The van der Waals surface area contributed by atoms with E-state index in [2.05, 4.69) is 66.3 Å². The van der Waals surface area contributed by atoms with E-state index in [1.165, 1.54) is 32.6 Å². The average molecular weight is 354 g/mol. The number of halogens is 1. The van der Waals surface area contributed by atoms with Gasteiger partial charge in [0, 0.05) is 21.5 Å². The molecule has 4 aromatic carbocycles. The highest BCUT2D eigenvalue weighted by atomic mass is 35.5. The summed E-state index contributed by atoms with van der Waals surface area (Å²) in [7, 11) is 0. The lowest BCUT2D eigenvalue weighted by molar-refractivity contribution is 1.18. The molecule has 0 saturated carbocycles. The molecule has 0 aliphatic heterocycles. The number of benzene rings is 4. The summed E-state index contributed by atoms with van der Waals surface area (Å²) in [5, 5.41) is 5.71. The summed E-state index contributed by atoms with van der Waals surface area (Å²) in [4.78, 5) is 0. The monoisotopic (exact) mass is 353 g/mol.